The Kier molecular flexibility index (Phi) is 3.52. The van der Waals surface area contributed by atoms with Crippen molar-refractivity contribution in [1.82, 2.24) is 4.98 Å². The van der Waals surface area contributed by atoms with Crippen LogP contribution in [0.25, 0.3) is 0 Å². The van der Waals surface area contributed by atoms with Gasteiger partial charge in [0.05, 0.1) is 22.6 Å². The first-order valence-corrected chi connectivity index (χ1v) is 5.64. The number of anilines is 3. The number of aromatic nitrogens is 1. The summed E-state index contributed by atoms with van der Waals surface area (Å²) in [5.74, 6) is -0.579. The van der Waals surface area contributed by atoms with Crippen molar-refractivity contribution < 1.29 is 17.6 Å². The van der Waals surface area contributed by atoms with Crippen molar-refractivity contribution in [3.8, 4) is 0 Å². The molecule has 2 rings (SSSR count). The molecular formula is C13H11F4N3. The highest BCUT2D eigenvalue weighted by Crippen LogP contribution is 2.32. The van der Waals surface area contributed by atoms with Crippen LogP contribution in [0.1, 0.15) is 11.3 Å². The van der Waals surface area contributed by atoms with Crippen LogP contribution in [0.2, 0.25) is 0 Å². The summed E-state index contributed by atoms with van der Waals surface area (Å²) < 4.78 is 51.3. The Labute approximate surface area is 112 Å². The number of halogens is 4. The summed E-state index contributed by atoms with van der Waals surface area (Å²) in [7, 11) is 0. The molecule has 1 heterocycles. The fraction of sp³-hybridized carbons (Fsp3) is 0.154. The highest BCUT2D eigenvalue weighted by molar-refractivity contribution is 5.60. The van der Waals surface area contributed by atoms with Crippen LogP contribution in [0.5, 0.6) is 0 Å². The molecule has 0 aliphatic rings. The van der Waals surface area contributed by atoms with Gasteiger partial charge in [0.15, 0.2) is 0 Å². The van der Waals surface area contributed by atoms with Crippen molar-refractivity contribution in [2.45, 2.75) is 13.1 Å². The van der Waals surface area contributed by atoms with E-state index in [0.29, 0.717) is 23.5 Å². The van der Waals surface area contributed by atoms with Crippen LogP contribution in [-0.4, -0.2) is 4.98 Å². The lowest BCUT2D eigenvalue weighted by Gasteiger charge is -2.12. The molecule has 3 nitrogen and oxygen atoms in total. The summed E-state index contributed by atoms with van der Waals surface area (Å²) in [5.41, 5.74) is 5.30. The van der Waals surface area contributed by atoms with E-state index in [1.807, 2.05) is 0 Å². The second-order valence-corrected chi connectivity index (χ2v) is 4.19. The first-order chi connectivity index (χ1) is 9.27. The second kappa shape index (κ2) is 4.99. The molecule has 0 radical (unpaired) electrons. The van der Waals surface area contributed by atoms with Crippen molar-refractivity contribution >= 4 is 17.2 Å². The van der Waals surface area contributed by atoms with E-state index in [9.17, 15) is 17.6 Å². The van der Waals surface area contributed by atoms with Crippen molar-refractivity contribution in [3.05, 3.63) is 47.4 Å². The zero-order valence-electron chi connectivity index (χ0n) is 10.4. The van der Waals surface area contributed by atoms with Gasteiger partial charge in [0.1, 0.15) is 11.6 Å². The van der Waals surface area contributed by atoms with Crippen LogP contribution >= 0.6 is 0 Å². The maximum atomic E-state index is 13.5. The van der Waals surface area contributed by atoms with E-state index in [-0.39, 0.29) is 11.5 Å². The largest absolute Gasteiger partial charge is 0.416 e. The molecule has 0 aliphatic heterocycles. The Balaban J connectivity index is 2.35. The summed E-state index contributed by atoms with van der Waals surface area (Å²) in [4.78, 5) is 4.02. The highest BCUT2D eigenvalue weighted by Gasteiger charge is 2.31. The monoisotopic (exact) mass is 285 g/mol. The number of nitrogen functional groups attached to an aromatic ring is 1. The van der Waals surface area contributed by atoms with Crippen LogP contribution in [-0.2, 0) is 6.18 Å². The van der Waals surface area contributed by atoms with Gasteiger partial charge in [0.2, 0.25) is 0 Å². The Morgan fingerprint density at radius 2 is 1.85 bits per heavy atom. The highest BCUT2D eigenvalue weighted by atomic mass is 19.4. The van der Waals surface area contributed by atoms with Crippen molar-refractivity contribution in [2.75, 3.05) is 11.1 Å². The molecule has 0 unspecified atom stereocenters. The van der Waals surface area contributed by atoms with Crippen molar-refractivity contribution in [3.63, 3.8) is 0 Å². The third-order valence-electron chi connectivity index (χ3n) is 2.68. The third kappa shape index (κ3) is 2.98. The number of nitrogens with zero attached hydrogens (tertiary/aromatic N) is 1. The summed E-state index contributed by atoms with van der Waals surface area (Å²) in [6.07, 6.45) is -4.53. The molecule has 0 saturated heterocycles. The lowest BCUT2D eigenvalue weighted by molar-refractivity contribution is -0.137. The summed E-state index contributed by atoms with van der Waals surface area (Å²) in [6, 6.07) is 5.14. The van der Waals surface area contributed by atoms with Gasteiger partial charge in [0.25, 0.3) is 0 Å². The van der Waals surface area contributed by atoms with Gasteiger partial charge in [-0.15, -0.1) is 0 Å². The maximum Gasteiger partial charge on any atom is 0.416 e. The van der Waals surface area contributed by atoms with Crippen LogP contribution in [0.4, 0.5) is 34.8 Å². The molecule has 0 saturated carbocycles. The number of nitrogens with one attached hydrogen (secondary N) is 1. The number of aryl methyl sites for hydroxylation is 1. The number of benzene rings is 1. The SMILES string of the molecule is Cc1nc(Nc2cc(C(F)(F)F)ccc2F)ccc1N. The molecule has 0 fully saturated rings. The van der Waals surface area contributed by atoms with E-state index in [4.69, 9.17) is 5.73 Å². The van der Waals surface area contributed by atoms with E-state index < -0.39 is 17.6 Å². The van der Waals surface area contributed by atoms with Gasteiger partial charge >= 0.3 is 6.18 Å². The van der Waals surface area contributed by atoms with E-state index in [2.05, 4.69) is 10.3 Å². The van der Waals surface area contributed by atoms with E-state index in [1.165, 1.54) is 12.1 Å². The first-order valence-electron chi connectivity index (χ1n) is 5.64. The predicted molar refractivity (Wildman–Crippen MR) is 68.1 cm³/mol. The molecule has 0 bridgehead atoms. The predicted octanol–water partition coefficient (Wildman–Crippen LogP) is 3.87. The smallest absolute Gasteiger partial charge is 0.397 e. The Bertz CT molecular complexity index is 638. The molecule has 106 valence electrons. The average Bonchev–Trinajstić information content (AvgIpc) is 2.35. The molecule has 0 amide bonds. The number of alkyl halides is 3. The summed E-state index contributed by atoms with van der Waals surface area (Å²) in [5, 5.41) is 2.51. The molecule has 2 aromatic rings. The van der Waals surface area contributed by atoms with Gasteiger partial charge in [-0.05, 0) is 37.3 Å². The lowest BCUT2D eigenvalue weighted by Crippen LogP contribution is -2.07. The summed E-state index contributed by atoms with van der Waals surface area (Å²) >= 11 is 0. The summed E-state index contributed by atoms with van der Waals surface area (Å²) in [6.45, 7) is 1.64. The molecule has 0 atom stereocenters. The van der Waals surface area contributed by atoms with Crippen LogP contribution in [0.3, 0.4) is 0 Å². The Morgan fingerprint density at radius 1 is 1.15 bits per heavy atom. The normalized spacial score (nSPS) is 11.4. The van der Waals surface area contributed by atoms with Gasteiger partial charge in [0, 0.05) is 0 Å². The average molecular weight is 285 g/mol. The fourth-order valence-corrected chi connectivity index (χ4v) is 1.58. The minimum atomic E-state index is -4.53. The number of pyridine rings is 1. The van der Waals surface area contributed by atoms with E-state index in [0.717, 1.165) is 6.07 Å². The molecular weight excluding hydrogens is 274 g/mol. The van der Waals surface area contributed by atoms with Gasteiger partial charge < -0.3 is 11.1 Å². The lowest BCUT2D eigenvalue weighted by atomic mass is 10.2. The minimum absolute atomic E-state index is 0.218. The maximum absolute atomic E-state index is 13.5. The van der Waals surface area contributed by atoms with Crippen molar-refractivity contribution in [1.29, 1.82) is 0 Å². The fourth-order valence-electron chi connectivity index (χ4n) is 1.58. The quantitative estimate of drug-likeness (QED) is 0.823. The molecule has 1 aromatic carbocycles. The molecule has 1 aromatic heterocycles. The van der Waals surface area contributed by atoms with Gasteiger partial charge in [-0.1, -0.05) is 0 Å². The van der Waals surface area contributed by atoms with Crippen LogP contribution < -0.4 is 11.1 Å². The van der Waals surface area contributed by atoms with Gasteiger partial charge in [-0.3, -0.25) is 0 Å². The topological polar surface area (TPSA) is 50.9 Å². The molecule has 3 N–H and O–H groups in total. The molecule has 0 aliphatic carbocycles. The minimum Gasteiger partial charge on any atom is -0.397 e. The van der Waals surface area contributed by atoms with Gasteiger partial charge in [-0.25, -0.2) is 9.37 Å². The zero-order valence-corrected chi connectivity index (χ0v) is 10.4. The molecule has 7 heteroatoms. The number of nitrogens with two attached hydrogens (primary N) is 1. The second-order valence-electron chi connectivity index (χ2n) is 4.19. The van der Waals surface area contributed by atoms with E-state index >= 15 is 0 Å². The number of rotatable bonds is 2. The Morgan fingerprint density at radius 3 is 2.45 bits per heavy atom. The molecule has 0 spiro atoms. The first kappa shape index (κ1) is 14.1. The van der Waals surface area contributed by atoms with Crippen molar-refractivity contribution in [2.24, 2.45) is 0 Å². The van der Waals surface area contributed by atoms with E-state index in [1.54, 1.807) is 6.92 Å². The van der Waals surface area contributed by atoms with Gasteiger partial charge in [-0.2, -0.15) is 13.2 Å². The third-order valence-corrected chi connectivity index (χ3v) is 2.68. The number of hydrogen-bond acceptors (Lipinski definition) is 3. The van der Waals surface area contributed by atoms with Crippen LogP contribution in [0.15, 0.2) is 30.3 Å². The standard InChI is InChI=1S/C13H11F4N3/c1-7-10(18)4-5-12(19-7)20-11-6-8(13(15,16)17)2-3-9(11)14/h2-6H,18H2,1H3,(H,19,20). The van der Waals surface area contributed by atoms with Crippen LogP contribution in [0, 0.1) is 12.7 Å². The Hall–Kier alpha value is -2.31. The number of hydrogen-bond donors (Lipinski definition) is 2. The zero-order chi connectivity index (χ0) is 14.9. The molecule has 20 heavy (non-hydrogen) atoms.